The third-order valence-electron chi connectivity index (χ3n) is 3.02. The first-order chi connectivity index (χ1) is 9.15. The van der Waals surface area contributed by atoms with Crippen LogP contribution < -0.4 is 5.32 Å². The minimum Gasteiger partial charge on any atom is -0.315 e. The van der Waals surface area contributed by atoms with Crippen LogP contribution in [0.15, 0.2) is 18.2 Å². The van der Waals surface area contributed by atoms with Gasteiger partial charge >= 0.3 is 0 Å². The summed E-state index contributed by atoms with van der Waals surface area (Å²) < 4.78 is 13.6. The van der Waals surface area contributed by atoms with Gasteiger partial charge in [-0.15, -0.1) is 11.3 Å². The summed E-state index contributed by atoms with van der Waals surface area (Å²) in [6.45, 7) is 4.74. The summed E-state index contributed by atoms with van der Waals surface area (Å²) in [5.74, 6) is -0.167. The van der Waals surface area contributed by atoms with Crippen LogP contribution in [0.5, 0.6) is 0 Å². The fraction of sp³-hybridized carbons (Fsp3) is 0.400. The zero-order valence-corrected chi connectivity index (χ0v) is 12.4. The maximum atomic E-state index is 13.6. The molecule has 1 aromatic carbocycles. The fourth-order valence-electron chi connectivity index (χ4n) is 1.96. The number of hydrogen-bond donors (Lipinski definition) is 1. The van der Waals surface area contributed by atoms with Crippen molar-refractivity contribution in [2.24, 2.45) is 0 Å². The average molecular weight is 278 g/mol. The van der Waals surface area contributed by atoms with Gasteiger partial charge in [-0.25, -0.2) is 9.37 Å². The van der Waals surface area contributed by atoms with E-state index in [0.717, 1.165) is 35.7 Å². The molecule has 19 heavy (non-hydrogen) atoms. The van der Waals surface area contributed by atoms with Crippen molar-refractivity contribution < 1.29 is 4.39 Å². The van der Waals surface area contributed by atoms with Crippen molar-refractivity contribution in [1.82, 2.24) is 10.3 Å². The second-order valence-corrected chi connectivity index (χ2v) is 5.72. The molecule has 102 valence electrons. The number of aryl methyl sites for hydroxylation is 2. The van der Waals surface area contributed by atoms with Crippen LogP contribution in [0.4, 0.5) is 4.39 Å². The predicted molar refractivity (Wildman–Crippen MR) is 79.0 cm³/mol. The quantitative estimate of drug-likeness (QED) is 0.896. The maximum absolute atomic E-state index is 13.6. The first-order valence-electron chi connectivity index (χ1n) is 6.55. The molecule has 0 fully saturated rings. The SMILES string of the molecule is CCCc1nc(-c2ccc(C)c(F)c2)sc1CNC. The molecule has 0 amide bonds. The number of nitrogens with zero attached hydrogens (tertiary/aromatic N) is 1. The topological polar surface area (TPSA) is 24.9 Å². The second-order valence-electron chi connectivity index (χ2n) is 4.63. The first-order valence-corrected chi connectivity index (χ1v) is 7.37. The van der Waals surface area contributed by atoms with Crippen LogP contribution in [-0.4, -0.2) is 12.0 Å². The third kappa shape index (κ3) is 3.19. The number of aromatic nitrogens is 1. The largest absolute Gasteiger partial charge is 0.315 e. The van der Waals surface area contributed by atoms with Crippen LogP contribution >= 0.6 is 11.3 Å². The lowest BCUT2D eigenvalue weighted by molar-refractivity contribution is 0.619. The molecule has 0 atom stereocenters. The molecule has 1 N–H and O–H groups in total. The van der Waals surface area contributed by atoms with E-state index >= 15 is 0 Å². The van der Waals surface area contributed by atoms with E-state index in [2.05, 4.69) is 17.2 Å². The standard InChI is InChI=1S/C15H19FN2S/c1-4-5-13-14(9-17-3)19-15(18-13)11-7-6-10(2)12(16)8-11/h6-8,17H,4-5,9H2,1-3H3. The number of nitrogens with one attached hydrogen (secondary N) is 1. The normalized spacial score (nSPS) is 10.9. The molecule has 0 saturated heterocycles. The lowest BCUT2D eigenvalue weighted by Crippen LogP contribution is -2.05. The Morgan fingerprint density at radius 1 is 1.37 bits per heavy atom. The van der Waals surface area contributed by atoms with Crippen molar-refractivity contribution in [1.29, 1.82) is 0 Å². The van der Waals surface area contributed by atoms with Crippen molar-refractivity contribution in [2.75, 3.05) is 7.05 Å². The van der Waals surface area contributed by atoms with Gasteiger partial charge in [0.2, 0.25) is 0 Å². The van der Waals surface area contributed by atoms with Gasteiger partial charge < -0.3 is 5.32 Å². The maximum Gasteiger partial charge on any atom is 0.126 e. The fourth-order valence-corrected chi connectivity index (χ4v) is 3.08. The highest BCUT2D eigenvalue weighted by Gasteiger charge is 2.12. The molecule has 0 bridgehead atoms. The van der Waals surface area contributed by atoms with Gasteiger partial charge in [0.1, 0.15) is 10.8 Å². The molecule has 0 spiro atoms. The number of rotatable bonds is 5. The van der Waals surface area contributed by atoms with Gasteiger partial charge in [0.15, 0.2) is 0 Å². The van der Waals surface area contributed by atoms with E-state index in [1.165, 1.54) is 4.88 Å². The zero-order chi connectivity index (χ0) is 13.8. The van der Waals surface area contributed by atoms with E-state index in [4.69, 9.17) is 0 Å². The lowest BCUT2D eigenvalue weighted by atomic mass is 10.1. The lowest BCUT2D eigenvalue weighted by Gasteiger charge is -1.99. The minimum absolute atomic E-state index is 0.167. The molecule has 0 aliphatic carbocycles. The minimum atomic E-state index is -0.167. The van der Waals surface area contributed by atoms with Gasteiger partial charge in [0, 0.05) is 17.0 Å². The van der Waals surface area contributed by atoms with Gasteiger partial charge in [0.25, 0.3) is 0 Å². The van der Waals surface area contributed by atoms with Crippen molar-refractivity contribution in [3.8, 4) is 10.6 Å². The van der Waals surface area contributed by atoms with Gasteiger partial charge in [-0.05, 0) is 32.0 Å². The summed E-state index contributed by atoms with van der Waals surface area (Å²) >= 11 is 1.65. The van der Waals surface area contributed by atoms with Crippen molar-refractivity contribution in [3.63, 3.8) is 0 Å². The van der Waals surface area contributed by atoms with Crippen LogP contribution in [-0.2, 0) is 13.0 Å². The molecule has 0 unspecified atom stereocenters. The number of benzene rings is 1. The molecule has 1 heterocycles. The Labute approximate surface area is 117 Å². The average Bonchev–Trinajstić information content (AvgIpc) is 2.77. The summed E-state index contributed by atoms with van der Waals surface area (Å²) in [7, 11) is 1.93. The highest BCUT2D eigenvalue weighted by Crippen LogP contribution is 2.29. The smallest absolute Gasteiger partial charge is 0.126 e. The molecular weight excluding hydrogens is 259 g/mol. The number of halogens is 1. The van der Waals surface area contributed by atoms with E-state index in [0.29, 0.717) is 5.56 Å². The van der Waals surface area contributed by atoms with Crippen LogP contribution in [0.2, 0.25) is 0 Å². The Morgan fingerprint density at radius 2 is 2.16 bits per heavy atom. The molecule has 0 saturated carbocycles. The van der Waals surface area contributed by atoms with E-state index in [1.54, 1.807) is 24.3 Å². The molecule has 2 nitrogen and oxygen atoms in total. The highest BCUT2D eigenvalue weighted by atomic mass is 32.1. The molecular formula is C15H19FN2S. The van der Waals surface area contributed by atoms with Crippen LogP contribution in [0.25, 0.3) is 10.6 Å². The van der Waals surface area contributed by atoms with Gasteiger partial charge in [-0.2, -0.15) is 0 Å². The summed E-state index contributed by atoms with van der Waals surface area (Å²) in [4.78, 5) is 5.92. The first kappa shape index (κ1) is 14.2. The van der Waals surface area contributed by atoms with Crippen LogP contribution in [0.1, 0.15) is 29.5 Å². The summed E-state index contributed by atoms with van der Waals surface area (Å²) in [5.41, 5.74) is 2.68. The highest BCUT2D eigenvalue weighted by molar-refractivity contribution is 7.15. The molecule has 2 rings (SSSR count). The predicted octanol–water partition coefficient (Wildman–Crippen LogP) is 3.93. The summed E-state index contributed by atoms with van der Waals surface area (Å²) in [6.07, 6.45) is 2.05. The molecule has 0 radical (unpaired) electrons. The Morgan fingerprint density at radius 3 is 2.79 bits per heavy atom. The number of hydrogen-bond acceptors (Lipinski definition) is 3. The van der Waals surface area contributed by atoms with Crippen LogP contribution in [0.3, 0.4) is 0 Å². The summed E-state index contributed by atoms with van der Waals surface area (Å²) in [6, 6.07) is 5.33. The zero-order valence-electron chi connectivity index (χ0n) is 11.6. The molecule has 2 aromatic rings. The number of thiazole rings is 1. The van der Waals surface area contributed by atoms with Crippen molar-refractivity contribution in [3.05, 3.63) is 40.2 Å². The van der Waals surface area contributed by atoms with Gasteiger partial charge in [-0.1, -0.05) is 25.5 Å². The molecule has 1 aromatic heterocycles. The Balaban J connectivity index is 2.38. The van der Waals surface area contributed by atoms with Crippen molar-refractivity contribution in [2.45, 2.75) is 33.2 Å². The van der Waals surface area contributed by atoms with E-state index in [9.17, 15) is 4.39 Å². The van der Waals surface area contributed by atoms with E-state index < -0.39 is 0 Å². The summed E-state index contributed by atoms with van der Waals surface area (Å²) in [5, 5.41) is 4.07. The van der Waals surface area contributed by atoms with Gasteiger partial charge in [-0.3, -0.25) is 0 Å². The molecule has 4 heteroatoms. The van der Waals surface area contributed by atoms with E-state index in [1.807, 2.05) is 19.2 Å². The Bertz CT molecular complexity index is 540. The Kier molecular flexibility index (Phi) is 4.66. The Hall–Kier alpha value is -1.26. The monoisotopic (exact) mass is 278 g/mol. The van der Waals surface area contributed by atoms with Gasteiger partial charge in [0.05, 0.1) is 5.69 Å². The molecule has 0 aliphatic heterocycles. The van der Waals surface area contributed by atoms with E-state index in [-0.39, 0.29) is 5.82 Å². The second kappa shape index (κ2) is 6.26. The third-order valence-corrected chi connectivity index (χ3v) is 4.17. The van der Waals surface area contributed by atoms with Crippen LogP contribution in [0, 0.1) is 12.7 Å². The van der Waals surface area contributed by atoms with Crippen molar-refractivity contribution >= 4 is 11.3 Å². The molecule has 0 aliphatic rings.